The predicted octanol–water partition coefficient (Wildman–Crippen LogP) is 1.37. The molecule has 2 aromatic heterocycles. The molecular formula is C16H18ClN4O6S+. The maximum absolute atomic E-state index is 12.8. The van der Waals surface area contributed by atoms with E-state index in [2.05, 4.69) is 14.7 Å². The second kappa shape index (κ2) is 7.68. The smallest absolute Gasteiger partial charge is 0.547 e. The lowest BCUT2D eigenvalue weighted by atomic mass is 10.2. The molecule has 0 unspecified atom stereocenters. The number of halogens is 1. The number of aromatic nitrogens is 2. The van der Waals surface area contributed by atoms with Gasteiger partial charge in [0, 0.05) is 11.8 Å². The first-order chi connectivity index (χ1) is 13.2. The number of nitrogens with one attached hydrogen (secondary N) is 1. The largest absolute Gasteiger partial charge is 0.629 e. The van der Waals surface area contributed by atoms with Crippen LogP contribution in [0.25, 0.3) is 0 Å². The molecule has 0 radical (unpaired) electrons. The third-order valence-electron chi connectivity index (χ3n) is 4.04. The van der Waals surface area contributed by atoms with Crippen LogP contribution < -0.4 is 14.2 Å². The maximum atomic E-state index is 12.8. The minimum absolute atomic E-state index is 0.0729. The zero-order valence-corrected chi connectivity index (χ0v) is 16.5. The number of nitrogens with zero attached hydrogens (tertiary/aromatic N) is 3. The lowest BCUT2D eigenvalue weighted by Gasteiger charge is -2.18. The molecule has 12 heteroatoms. The van der Waals surface area contributed by atoms with E-state index >= 15 is 0 Å². The van der Waals surface area contributed by atoms with E-state index in [9.17, 15) is 13.2 Å². The Balaban J connectivity index is 1.93. The van der Waals surface area contributed by atoms with E-state index in [4.69, 9.17) is 26.2 Å². The molecule has 1 atom stereocenters. The second-order valence-corrected chi connectivity index (χ2v) is 8.14. The van der Waals surface area contributed by atoms with Gasteiger partial charge in [-0.05, 0) is 19.1 Å². The van der Waals surface area contributed by atoms with Crippen LogP contribution in [0.15, 0.2) is 29.4 Å². The van der Waals surface area contributed by atoms with Crippen molar-refractivity contribution in [1.82, 2.24) is 14.9 Å². The number of ether oxygens (including phenoxy) is 2. The van der Waals surface area contributed by atoms with E-state index in [1.165, 1.54) is 36.5 Å². The molecule has 0 saturated carbocycles. The summed E-state index contributed by atoms with van der Waals surface area (Å²) in [7, 11) is -2.78. The average Bonchev–Trinajstić information content (AvgIpc) is 2.80. The van der Waals surface area contributed by atoms with Gasteiger partial charge < -0.3 is 14.6 Å². The van der Waals surface area contributed by atoms with Crippen molar-refractivity contribution < 1.29 is 27.8 Å². The van der Waals surface area contributed by atoms with Gasteiger partial charge in [0.05, 0.1) is 41.4 Å². The molecule has 28 heavy (non-hydrogen) atoms. The molecule has 0 aliphatic carbocycles. The number of methoxy groups -OCH3 is 1. The zero-order valence-electron chi connectivity index (χ0n) is 15.0. The fourth-order valence-electron chi connectivity index (χ4n) is 2.66. The number of pyridine rings is 2. The lowest BCUT2D eigenvalue weighted by Crippen LogP contribution is -2.38. The topological polar surface area (TPSA) is 134 Å². The third kappa shape index (κ3) is 4.04. The summed E-state index contributed by atoms with van der Waals surface area (Å²) in [4.78, 5) is 20.6. The molecule has 1 amide bonds. The number of amides is 1. The Hall–Kier alpha value is -2.79. The van der Waals surface area contributed by atoms with Gasteiger partial charge >= 0.3 is 6.09 Å². The molecule has 0 spiro atoms. The van der Waals surface area contributed by atoms with E-state index in [-0.39, 0.29) is 46.6 Å². The van der Waals surface area contributed by atoms with Crippen molar-refractivity contribution in [1.29, 1.82) is 0 Å². The quantitative estimate of drug-likeness (QED) is 0.725. The predicted molar refractivity (Wildman–Crippen MR) is 100 cm³/mol. The second-order valence-electron chi connectivity index (χ2n) is 6.05. The number of carbonyl (C=O) groups is 1. The Morgan fingerprint density at radius 2 is 2.14 bits per heavy atom. The number of anilines is 1. The molecular weight excluding hydrogens is 412 g/mol. The summed E-state index contributed by atoms with van der Waals surface area (Å²) in [6, 6.07) is 2.40. The summed E-state index contributed by atoms with van der Waals surface area (Å²) in [6.07, 6.45) is 1.71. The van der Waals surface area contributed by atoms with Crippen molar-refractivity contribution >= 4 is 33.4 Å². The number of hydrogen-bond donors (Lipinski definition) is 1. The van der Waals surface area contributed by atoms with Crippen molar-refractivity contribution in [2.24, 2.45) is 0 Å². The summed E-state index contributed by atoms with van der Waals surface area (Å²) in [5.41, 5.74) is 0.623. The fourth-order valence-corrected chi connectivity index (χ4v) is 4.06. The van der Waals surface area contributed by atoms with Crippen LogP contribution in [0.5, 0.6) is 11.8 Å². The van der Waals surface area contributed by atoms with Crippen molar-refractivity contribution in [3.05, 3.63) is 35.1 Å². The molecule has 3 heterocycles. The highest BCUT2D eigenvalue weighted by Crippen LogP contribution is 2.29. The number of fused-ring (bicyclic) bond motifs is 1. The van der Waals surface area contributed by atoms with Gasteiger partial charge in [0.2, 0.25) is 11.8 Å². The normalized spacial score (nSPS) is 16.5. The first kappa shape index (κ1) is 20.0. The molecule has 0 aromatic carbocycles. The Morgan fingerprint density at radius 3 is 2.82 bits per heavy atom. The lowest BCUT2D eigenvalue weighted by molar-refractivity contribution is 0.113. The van der Waals surface area contributed by atoms with E-state index in [1.807, 2.05) is 0 Å². The highest BCUT2D eigenvalue weighted by atomic mass is 35.5. The molecule has 10 nitrogen and oxygen atoms in total. The number of carbonyl (C=O) groups excluding carboxylic acids is 1. The van der Waals surface area contributed by atoms with Crippen LogP contribution >= 0.6 is 11.6 Å². The van der Waals surface area contributed by atoms with E-state index in [0.717, 1.165) is 0 Å². The minimum atomic E-state index is -4.08. The molecule has 2 aromatic rings. The van der Waals surface area contributed by atoms with Gasteiger partial charge in [-0.2, -0.15) is 0 Å². The summed E-state index contributed by atoms with van der Waals surface area (Å²) in [6.45, 7) is 2.00. The standard InChI is InChI=1S/C16H17ClN4O6S/c1-9-8-27-14-10(7-21(9)16(22)23)3-12(6-19-14)20-28(24,25)13-4-11(17)5-18-15(13)26-2/h3-6,9,20H,7-8H2,1-2H3,(H,22,23)/p+1/t9-/m1/s1. The SMILES string of the molecule is COc1ncc(Cl)cc1S(=O)(=O)Nc1cnc2c(c1)CN(C(=O)[OH2+])[C@H](C)CO2. The van der Waals surface area contributed by atoms with Gasteiger partial charge in [-0.1, -0.05) is 11.6 Å². The molecule has 0 bridgehead atoms. The minimum Gasteiger partial charge on any atom is -0.547 e. The Bertz CT molecular complexity index is 1020. The van der Waals surface area contributed by atoms with E-state index in [1.54, 1.807) is 6.92 Å². The first-order valence-electron chi connectivity index (χ1n) is 8.07. The zero-order chi connectivity index (χ0) is 20.5. The van der Waals surface area contributed by atoms with Crippen LogP contribution in [0.3, 0.4) is 0 Å². The Labute approximate surface area is 166 Å². The van der Waals surface area contributed by atoms with Gasteiger partial charge in [-0.3, -0.25) is 4.72 Å². The van der Waals surface area contributed by atoms with Gasteiger partial charge in [-0.25, -0.2) is 23.3 Å². The molecule has 150 valence electrons. The van der Waals surface area contributed by atoms with Gasteiger partial charge in [0.15, 0.2) is 4.90 Å². The van der Waals surface area contributed by atoms with Crippen LogP contribution in [-0.4, -0.2) is 54.2 Å². The van der Waals surface area contributed by atoms with Crippen LogP contribution in [0, 0.1) is 0 Å². The molecule has 3 rings (SSSR count). The number of hydrogen-bond acceptors (Lipinski definition) is 7. The highest BCUT2D eigenvalue weighted by Gasteiger charge is 2.31. The first-order valence-corrected chi connectivity index (χ1v) is 9.93. The average molecular weight is 430 g/mol. The van der Waals surface area contributed by atoms with Crippen LogP contribution in [-0.2, 0) is 16.6 Å². The Morgan fingerprint density at radius 1 is 1.39 bits per heavy atom. The van der Waals surface area contributed by atoms with Crippen molar-refractivity contribution in [2.45, 2.75) is 24.4 Å². The van der Waals surface area contributed by atoms with E-state index < -0.39 is 16.1 Å². The highest BCUT2D eigenvalue weighted by molar-refractivity contribution is 7.92. The monoisotopic (exact) mass is 429 g/mol. The molecule has 0 fully saturated rings. The number of rotatable bonds is 4. The van der Waals surface area contributed by atoms with Crippen LogP contribution in [0.4, 0.5) is 10.5 Å². The van der Waals surface area contributed by atoms with Crippen molar-refractivity contribution in [3.8, 4) is 11.8 Å². The fraction of sp³-hybridized carbons (Fsp3) is 0.312. The van der Waals surface area contributed by atoms with Crippen molar-refractivity contribution in [2.75, 3.05) is 18.4 Å². The maximum Gasteiger partial charge on any atom is 0.629 e. The third-order valence-corrected chi connectivity index (χ3v) is 5.62. The van der Waals surface area contributed by atoms with Gasteiger partial charge in [-0.15, -0.1) is 0 Å². The molecule has 1 aliphatic rings. The van der Waals surface area contributed by atoms with Gasteiger partial charge in [0.1, 0.15) is 6.61 Å². The molecule has 0 saturated heterocycles. The summed E-state index contributed by atoms with van der Waals surface area (Å²) >= 11 is 5.86. The summed E-state index contributed by atoms with van der Waals surface area (Å²) < 4.78 is 38.4. The summed E-state index contributed by atoms with van der Waals surface area (Å²) in [5.74, 6) is 0.170. The summed E-state index contributed by atoms with van der Waals surface area (Å²) in [5, 5.41) is 7.51. The molecule has 1 aliphatic heterocycles. The Kier molecular flexibility index (Phi) is 5.47. The van der Waals surface area contributed by atoms with E-state index in [0.29, 0.717) is 5.56 Å². The van der Waals surface area contributed by atoms with Crippen LogP contribution in [0.2, 0.25) is 5.02 Å². The van der Waals surface area contributed by atoms with Crippen molar-refractivity contribution in [3.63, 3.8) is 0 Å². The molecule has 3 N–H and O–H groups in total. The van der Waals surface area contributed by atoms with Gasteiger partial charge in [0.25, 0.3) is 10.0 Å². The number of sulfonamides is 1. The van der Waals surface area contributed by atoms with Crippen LogP contribution in [0.1, 0.15) is 12.5 Å².